The SMILES string of the molecule is COc1c(O)ccc2c1-c1ccc3c(c1C(=Cc1ccc(C(=O)N4CCCC4C)s1)O2)C(C)=CC(C)(C)N3. The van der Waals surface area contributed by atoms with Crippen LogP contribution in [0.4, 0.5) is 5.69 Å². The Labute approximate surface area is 227 Å². The maximum Gasteiger partial charge on any atom is 0.264 e. The van der Waals surface area contributed by atoms with Crippen LogP contribution in [-0.2, 0) is 0 Å². The number of anilines is 1. The first-order valence-electron chi connectivity index (χ1n) is 13.0. The summed E-state index contributed by atoms with van der Waals surface area (Å²) in [7, 11) is 1.55. The number of fused-ring (bicyclic) bond motifs is 5. The number of methoxy groups -OCH3 is 1. The molecule has 6 rings (SSSR count). The van der Waals surface area contributed by atoms with Crippen LogP contribution in [-0.4, -0.2) is 41.1 Å². The Bertz CT molecular complexity index is 1530. The van der Waals surface area contributed by atoms with Crippen LogP contribution in [0, 0.1) is 0 Å². The van der Waals surface area contributed by atoms with Gasteiger partial charge in [-0.25, -0.2) is 0 Å². The van der Waals surface area contributed by atoms with Crippen LogP contribution in [0.3, 0.4) is 0 Å². The van der Waals surface area contributed by atoms with E-state index >= 15 is 0 Å². The molecule has 2 N–H and O–H groups in total. The molecule has 1 aromatic heterocycles. The smallest absolute Gasteiger partial charge is 0.264 e. The summed E-state index contributed by atoms with van der Waals surface area (Å²) >= 11 is 1.49. The summed E-state index contributed by atoms with van der Waals surface area (Å²) < 4.78 is 12.2. The molecule has 1 atom stereocenters. The minimum absolute atomic E-state index is 0.0648. The van der Waals surface area contributed by atoms with Gasteiger partial charge in [0.25, 0.3) is 5.91 Å². The largest absolute Gasteiger partial charge is 0.504 e. The predicted octanol–water partition coefficient (Wildman–Crippen LogP) is 7.25. The van der Waals surface area contributed by atoms with Crippen LogP contribution >= 0.6 is 11.3 Å². The van der Waals surface area contributed by atoms with Crippen molar-refractivity contribution in [3.63, 3.8) is 0 Å². The number of thiophene rings is 1. The van der Waals surface area contributed by atoms with Crippen LogP contribution < -0.4 is 14.8 Å². The van der Waals surface area contributed by atoms with Crippen LogP contribution in [0.2, 0.25) is 0 Å². The first-order chi connectivity index (χ1) is 18.2. The molecule has 0 saturated carbocycles. The predicted molar refractivity (Wildman–Crippen MR) is 154 cm³/mol. The van der Waals surface area contributed by atoms with Crippen molar-refractivity contribution in [3.05, 3.63) is 63.4 Å². The van der Waals surface area contributed by atoms with Crippen LogP contribution in [0.25, 0.3) is 28.5 Å². The lowest BCUT2D eigenvalue weighted by atomic mass is 9.83. The highest BCUT2D eigenvalue weighted by Crippen LogP contribution is 2.54. The zero-order chi connectivity index (χ0) is 26.8. The van der Waals surface area contributed by atoms with Gasteiger partial charge in [-0.05, 0) is 82.5 Å². The molecule has 1 amide bonds. The lowest BCUT2D eigenvalue weighted by molar-refractivity contribution is 0.0752. The normalized spacial score (nSPS) is 20.1. The third-order valence-corrected chi connectivity index (χ3v) is 8.62. The second kappa shape index (κ2) is 8.95. The molecule has 3 aliphatic rings. The van der Waals surface area contributed by atoms with Gasteiger partial charge in [0.2, 0.25) is 0 Å². The molecule has 6 nitrogen and oxygen atoms in total. The van der Waals surface area contributed by atoms with E-state index in [0.29, 0.717) is 17.3 Å². The molecule has 3 aliphatic heterocycles. The average Bonchev–Trinajstić information content (AvgIpc) is 3.51. The van der Waals surface area contributed by atoms with Gasteiger partial charge in [-0.3, -0.25) is 4.79 Å². The number of phenols is 1. The number of aromatic hydroxyl groups is 1. The van der Waals surface area contributed by atoms with Gasteiger partial charge in [0.15, 0.2) is 11.5 Å². The Balaban J connectivity index is 1.51. The van der Waals surface area contributed by atoms with E-state index in [0.717, 1.165) is 62.7 Å². The molecule has 38 heavy (non-hydrogen) atoms. The number of nitrogens with one attached hydrogen (secondary N) is 1. The molecule has 0 aliphatic carbocycles. The van der Waals surface area contributed by atoms with Crippen molar-refractivity contribution in [1.29, 1.82) is 0 Å². The van der Waals surface area contributed by atoms with Gasteiger partial charge in [0.1, 0.15) is 11.5 Å². The number of rotatable bonds is 3. The number of allylic oxidation sites excluding steroid dienone is 1. The summed E-state index contributed by atoms with van der Waals surface area (Å²) in [6, 6.07) is 11.7. The molecule has 196 valence electrons. The Kier molecular flexibility index (Phi) is 5.80. The number of ether oxygens (including phenoxy) is 2. The lowest BCUT2D eigenvalue weighted by Gasteiger charge is -2.35. The highest BCUT2D eigenvalue weighted by Gasteiger charge is 2.34. The third-order valence-electron chi connectivity index (χ3n) is 7.60. The van der Waals surface area contributed by atoms with E-state index in [1.54, 1.807) is 19.2 Å². The van der Waals surface area contributed by atoms with E-state index in [1.807, 2.05) is 23.1 Å². The van der Waals surface area contributed by atoms with Gasteiger partial charge in [0.05, 0.1) is 23.1 Å². The second-order valence-electron chi connectivity index (χ2n) is 10.9. The first-order valence-corrected chi connectivity index (χ1v) is 13.8. The maximum atomic E-state index is 13.2. The zero-order valence-corrected chi connectivity index (χ0v) is 23.2. The number of amides is 1. The van der Waals surface area contributed by atoms with Crippen LogP contribution in [0.15, 0.2) is 42.5 Å². The number of hydrogen-bond acceptors (Lipinski definition) is 6. The molecular weight excluding hydrogens is 496 g/mol. The fraction of sp³-hybridized carbons (Fsp3) is 0.323. The summed E-state index contributed by atoms with van der Waals surface area (Å²) in [6.45, 7) is 9.35. The fourth-order valence-corrected chi connectivity index (χ4v) is 6.90. The molecule has 7 heteroatoms. The summed E-state index contributed by atoms with van der Waals surface area (Å²) in [5.41, 5.74) is 5.63. The zero-order valence-electron chi connectivity index (χ0n) is 22.3. The van der Waals surface area contributed by atoms with Gasteiger partial charge in [-0.15, -0.1) is 11.3 Å². The van der Waals surface area contributed by atoms with Gasteiger partial charge in [-0.2, -0.15) is 0 Å². The second-order valence-corrected chi connectivity index (χ2v) is 12.0. The van der Waals surface area contributed by atoms with Gasteiger partial charge in [-0.1, -0.05) is 12.1 Å². The van der Waals surface area contributed by atoms with Crippen molar-refractivity contribution < 1.29 is 19.4 Å². The van der Waals surface area contributed by atoms with Crippen LogP contribution in [0.1, 0.15) is 66.2 Å². The number of carbonyl (C=O) groups excluding carboxylic acids is 1. The summed E-state index contributed by atoms with van der Waals surface area (Å²) in [6.07, 6.45) is 6.35. The average molecular weight is 529 g/mol. The van der Waals surface area contributed by atoms with E-state index in [1.165, 1.54) is 11.3 Å². The summed E-state index contributed by atoms with van der Waals surface area (Å²) in [5, 5.41) is 14.2. The quantitative estimate of drug-likeness (QED) is 0.375. The molecule has 4 heterocycles. The Morgan fingerprint density at radius 2 is 2.00 bits per heavy atom. The lowest BCUT2D eigenvalue weighted by Crippen LogP contribution is -2.32. The molecule has 0 radical (unpaired) electrons. The molecule has 0 bridgehead atoms. The maximum absolute atomic E-state index is 13.2. The summed E-state index contributed by atoms with van der Waals surface area (Å²) in [5.74, 6) is 1.86. The Hall–Kier alpha value is -3.71. The minimum Gasteiger partial charge on any atom is -0.504 e. The van der Waals surface area contributed by atoms with Gasteiger partial charge >= 0.3 is 0 Å². The van der Waals surface area contributed by atoms with Crippen molar-refractivity contribution in [2.75, 3.05) is 19.0 Å². The molecule has 1 fully saturated rings. The topological polar surface area (TPSA) is 71.0 Å². The van der Waals surface area contributed by atoms with Crippen molar-refractivity contribution in [3.8, 4) is 28.4 Å². The van der Waals surface area contributed by atoms with Crippen LogP contribution in [0.5, 0.6) is 17.2 Å². The minimum atomic E-state index is -0.186. The van der Waals surface area contributed by atoms with Gasteiger partial charge < -0.3 is 24.8 Å². The van der Waals surface area contributed by atoms with E-state index in [4.69, 9.17) is 9.47 Å². The number of carbonyl (C=O) groups is 1. The molecule has 1 unspecified atom stereocenters. The monoisotopic (exact) mass is 528 g/mol. The van der Waals surface area contributed by atoms with Crippen molar-refractivity contribution in [2.45, 2.75) is 52.1 Å². The number of likely N-dealkylation sites (tertiary alicyclic amines) is 1. The van der Waals surface area contributed by atoms with E-state index in [-0.39, 0.29) is 23.2 Å². The molecule has 1 saturated heterocycles. The van der Waals surface area contributed by atoms with E-state index in [9.17, 15) is 9.90 Å². The number of benzene rings is 2. The Morgan fingerprint density at radius 3 is 2.74 bits per heavy atom. The van der Waals surface area contributed by atoms with Crippen molar-refractivity contribution >= 4 is 40.3 Å². The molecular formula is C31H32N2O4S. The highest BCUT2D eigenvalue weighted by molar-refractivity contribution is 7.14. The first kappa shape index (κ1) is 24.6. The summed E-state index contributed by atoms with van der Waals surface area (Å²) in [4.78, 5) is 16.8. The van der Waals surface area contributed by atoms with Gasteiger partial charge in [0, 0.05) is 39.8 Å². The number of nitrogens with zero attached hydrogens (tertiary/aromatic N) is 1. The molecule has 0 spiro atoms. The fourth-order valence-electron chi connectivity index (χ4n) is 6.00. The molecule has 2 aromatic carbocycles. The number of hydrogen-bond donors (Lipinski definition) is 2. The Morgan fingerprint density at radius 1 is 1.18 bits per heavy atom. The third kappa shape index (κ3) is 3.97. The highest BCUT2D eigenvalue weighted by atomic mass is 32.1. The molecule has 3 aromatic rings. The number of phenolic OH excluding ortho intramolecular Hbond substituents is 1. The van der Waals surface area contributed by atoms with E-state index < -0.39 is 0 Å². The standard InChI is InChI=1S/C31H32N2O4S/c1-17-16-31(3,4)32-21-10-9-20-27(26(17)21)24(37-23-12-11-22(34)29(36-5)28(20)23)15-19-8-13-25(38-19)30(35)33-14-6-7-18(33)2/h8-13,15-16,18,32,34H,6-7,14H2,1-5H3. The van der Waals surface area contributed by atoms with Crippen molar-refractivity contribution in [2.24, 2.45) is 0 Å². The van der Waals surface area contributed by atoms with Crippen molar-refractivity contribution in [1.82, 2.24) is 4.90 Å². The van der Waals surface area contributed by atoms with E-state index in [2.05, 4.69) is 51.2 Å².